The van der Waals surface area contributed by atoms with Gasteiger partial charge in [0.15, 0.2) is 0 Å². The average Bonchev–Trinajstić information content (AvgIpc) is 2.66. The van der Waals surface area contributed by atoms with Crippen LogP contribution in [0.25, 0.3) is 6.08 Å². The Morgan fingerprint density at radius 3 is 2.27 bits per heavy atom. The van der Waals surface area contributed by atoms with Gasteiger partial charge in [-0.15, -0.1) is 0 Å². The number of benzene rings is 2. The van der Waals surface area contributed by atoms with E-state index in [-0.39, 0.29) is 16.3 Å². The van der Waals surface area contributed by atoms with Crippen LogP contribution in [0.5, 0.6) is 0 Å². The molecule has 8 nitrogen and oxygen atoms in total. The molecule has 0 aromatic heterocycles. The molecule has 1 N–H and O–H groups in total. The maximum Gasteiger partial charge on any atom is 0.416 e. The molecule has 0 atom stereocenters. The van der Waals surface area contributed by atoms with Crippen molar-refractivity contribution in [3.05, 3.63) is 74.3 Å². The molecule has 1 aliphatic rings. The smallest absolute Gasteiger partial charge is 0.273 e. The van der Waals surface area contributed by atoms with Gasteiger partial charge in [-0.3, -0.25) is 25.0 Å². The van der Waals surface area contributed by atoms with Crippen LogP contribution >= 0.6 is 11.6 Å². The lowest BCUT2D eigenvalue weighted by Gasteiger charge is -2.27. The van der Waals surface area contributed by atoms with Crippen molar-refractivity contribution in [2.75, 3.05) is 4.90 Å². The molecule has 154 valence electrons. The molecular formula is C18H9ClF3N3O5. The lowest BCUT2D eigenvalue weighted by molar-refractivity contribution is -0.384. The van der Waals surface area contributed by atoms with Crippen LogP contribution in [0.4, 0.5) is 29.3 Å². The number of amides is 4. The summed E-state index contributed by atoms with van der Waals surface area (Å²) in [5.41, 5.74) is -2.30. The summed E-state index contributed by atoms with van der Waals surface area (Å²) in [6.07, 6.45) is -3.72. The van der Waals surface area contributed by atoms with E-state index in [1.165, 1.54) is 12.1 Å². The number of carbonyl (C=O) groups excluding carboxylic acids is 3. The molecule has 0 saturated carbocycles. The summed E-state index contributed by atoms with van der Waals surface area (Å²) in [5.74, 6) is -2.29. The van der Waals surface area contributed by atoms with Gasteiger partial charge >= 0.3 is 12.2 Å². The Hall–Kier alpha value is -3.73. The minimum atomic E-state index is -4.76. The highest BCUT2D eigenvalue weighted by molar-refractivity contribution is 6.42. The maximum absolute atomic E-state index is 13.0. The van der Waals surface area contributed by atoms with Crippen molar-refractivity contribution in [3.63, 3.8) is 0 Å². The van der Waals surface area contributed by atoms with Crippen LogP contribution in [-0.2, 0) is 15.8 Å². The number of alkyl halides is 3. The minimum absolute atomic E-state index is 0.212. The zero-order valence-corrected chi connectivity index (χ0v) is 15.3. The molecule has 1 heterocycles. The topological polar surface area (TPSA) is 110 Å². The molecule has 1 saturated heterocycles. The van der Waals surface area contributed by atoms with Crippen LogP contribution in [0.2, 0.25) is 5.02 Å². The van der Waals surface area contributed by atoms with Crippen molar-refractivity contribution in [1.29, 1.82) is 0 Å². The number of nitro groups is 1. The summed E-state index contributed by atoms with van der Waals surface area (Å²) in [6.45, 7) is 0. The first-order valence-corrected chi connectivity index (χ1v) is 8.39. The quantitative estimate of drug-likeness (QED) is 0.337. The van der Waals surface area contributed by atoms with Gasteiger partial charge in [0.05, 0.1) is 21.2 Å². The van der Waals surface area contributed by atoms with Crippen LogP contribution in [0.3, 0.4) is 0 Å². The van der Waals surface area contributed by atoms with E-state index in [0.717, 1.165) is 24.3 Å². The SMILES string of the molecule is O=C1NC(=O)N(c2cc(C(F)(F)F)ccc2Cl)C(=O)/C1=C/c1ccc([N+](=O)[O-])cc1. The molecular weight excluding hydrogens is 431 g/mol. The molecule has 0 bridgehead atoms. The highest BCUT2D eigenvalue weighted by Crippen LogP contribution is 2.36. The van der Waals surface area contributed by atoms with Crippen molar-refractivity contribution >= 4 is 46.9 Å². The van der Waals surface area contributed by atoms with Crippen molar-refractivity contribution < 1.29 is 32.5 Å². The second kappa shape index (κ2) is 7.59. The molecule has 12 heteroatoms. The molecule has 30 heavy (non-hydrogen) atoms. The second-order valence-electron chi connectivity index (χ2n) is 5.97. The number of halogens is 4. The molecule has 4 amide bonds. The number of rotatable bonds is 3. The number of urea groups is 1. The Balaban J connectivity index is 2.04. The number of nitro benzene ring substituents is 1. The number of nitrogens with one attached hydrogen (secondary N) is 1. The third-order valence-electron chi connectivity index (χ3n) is 4.03. The normalized spacial score (nSPS) is 16.1. The summed E-state index contributed by atoms with van der Waals surface area (Å²) in [6, 6.07) is 5.56. The first-order valence-electron chi connectivity index (χ1n) is 8.01. The summed E-state index contributed by atoms with van der Waals surface area (Å²) >= 11 is 5.89. The van der Waals surface area contributed by atoms with E-state index in [2.05, 4.69) is 0 Å². The Bertz CT molecular complexity index is 1110. The van der Waals surface area contributed by atoms with Gasteiger partial charge in [-0.25, -0.2) is 9.69 Å². The van der Waals surface area contributed by atoms with Crippen molar-refractivity contribution in [2.24, 2.45) is 0 Å². The molecule has 2 aromatic rings. The third kappa shape index (κ3) is 4.01. The predicted molar refractivity (Wildman–Crippen MR) is 98.6 cm³/mol. The average molecular weight is 440 g/mol. The molecule has 0 unspecified atom stereocenters. The van der Waals surface area contributed by atoms with Crippen LogP contribution in [0, 0.1) is 10.1 Å². The number of carbonyl (C=O) groups is 3. The summed E-state index contributed by atoms with van der Waals surface area (Å²) in [4.78, 5) is 47.4. The molecule has 0 spiro atoms. The second-order valence-corrected chi connectivity index (χ2v) is 6.38. The monoisotopic (exact) mass is 439 g/mol. The van der Waals surface area contributed by atoms with E-state index in [1.54, 1.807) is 0 Å². The number of imide groups is 2. The van der Waals surface area contributed by atoms with Gasteiger partial charge in [-0.1, -0.05) is 11.6 Å². The van der Waals surface area contributed by atoms with Crippen molar-refractivity contribution in [2.45, 2.75) is 6.18 Å². The van der Waals surface area contributed by atoms with Gasteiger partial charge in [0.1, 0.15) is 5.57 Å². The van der Waals surface area contributed by atoms with Gasteiger partial charge in [0, 0.05) is 12.1 Å². The highest BCUT2D eigenvalue weighted by Gasteiger charge is 2.39. The maximum atomic E-state index is 13.0. The summed E-state index contributed by atoms with van der Waals surface area (Å²) < 4.78 is 39.0. The van der Waals surface area contributed by atoms with Gasteiger partial charge in [0.25, 0.3) is 17.5 Å². The first kappa shape index (κ1) is 21.0. The number of hydrogen-bond donors (Lipinski definition) is 1. The zero-order chi connectivity index (χ0) is 22.2. The standard InChI is InChI=1S/C18H9ClF3N3O5/c19-13-6-3-10(18(20,21)22)8-14(13)24-16(27)12(15(26)23-17(24)28)7-9-1-4-11(5-2-9)25(29)30/h1-8H,(H,23,26,28)/b12-7+. The molecule has 0 radical (unpaired) electrons. The van der Waals surface area contributed by atoms with E-state index in [9.17, 15) is 37.7 Å². The van der Waals surface area contributed by atoms with Crippen LogP contribution < -0.4 is 10.2 Å². The molecule has 1 aliphatic heterocycles. The van der Waals surface area contributed by atoms with Crippen LogP contribution in [0.1, 0.15) is 11.1 Å². The molecule has 1 fully saturated rings. The number of nitrogens with zero attached hydrogens (tertiary/aromatic N) is 2. The fraction of sp³-hybridized carbons (Fsp3) is 0.0556. The van der Waals surface area contributed by atoms with E-state index in [0.29, 0.717) is 17.0 Å². The molecule has 3 rings (SSSR count). The van der Waals surface area contributed by atoms with Crippen LogP contribution in [0.15, 0.2) is 48.0 Å². The van der Waals surface area contributed by atoms with E-state index < -0.39 is 45.8 Å². The first-order chi connectivity index (χ1) is 14.0. The fourth-order valence-electron chi connectivity index (χ4n) is 2.60. The van der Waals surface area contributed by atoms with Gasteiger partial charge in [0.2, 0.25) is 0 Å². The largest absolute Gasteiger partial charge is 0.416 e. The number of non-ortho nitro benzene ring substituents is 1. The minimum Gasteiger partial charge on any atom is -0.273 e. The van der Waals surface area contributed by atoms with Crippen molar-refractivity contribution in [3.8, 4) is 0 Å². The van der Waals surface area contributed by atoms with Crippen LogP contribution in [-0.4, -0.2) is 22.8 Å². The molecule has 0 aliphatic carbocycles. The Kier molecular flexibility index (Phi) is 5.31. The Morgan fingerprint density at radius 2 is 1.70 bits per heavy atom. The fourth-order valence-corrected chi connectivity index (χ4v) is 2.80. The predicted octanol–water partition coefficient (Wildman–Crippen LogP) is 3.93. The van der Waals surface area contributed by atoms with Gasteiger partial charge in [-0.05, 0) is 42.0 Å². The molecule has 2 aromatic carbocycles. The van der Waals surface area contributed by atoms with Crippen molar-refractivity contribution in [1.82, 2.24) is 5.32 Å². The number of barbiturate groups is 1. The number of hydrogen-bond acceptors (Lipinski definition) is 5. The van der Waals surface area contributed by atoms with E-state index in [4.69, 9.17) is 11.6 Å². The Morgan fingerprint density at radius 1 is 1.07 bits per heavy atom. The summed E-state index contributed by atoms with van der Waals surface area (Å²) in [7, 11) is 0. The number of anilines is 1. The third-order valence-corrected chi connectivity index (χ3v) is 4.35. The Labute approximate surface area is 170 Å². The van der Waals surface area contributed by atoms with E-state index in [1.807, 2.05) is 5.32 Å². The lowest BCUT2D eigenvalue weighted by atomic mass is 10.1. The highest BCUT2D eigenvalue weighted by atomic mass is 35.5. The van der Waals surface area contributed by atoms with Gasteiger partial charge < -0.3 is 0 Å². The van der Waals surface area contributed by atoms with Gasteiger partial charge in [-0.2, -0.15) is 13.2 Å². The summed E-state index contributed by atoms with van der Waals surface area (Å²) in [5, 5.41) is 12.2. The zero-order valence-electron chi connectivity index (χ0n) is 14.6. The van der Waals surface area contributed by atoms with E-state index >= 15 is 0 Å². The lowest BCUT2D eigenvalue weighted by Crippen LogP contribution is -2.54.